The summed E-state index contributed by atoms with van der Waals surface area (Å²) in [5.41, 5.74) is 4.04. The van der Waals surface area contributed by atoms with Gasteiger partial charge in [0.05, 0.1) is 17.9 Å². The molecule has 2 aromatic heterocycles. The highest BCUT2D eigenvalue weighted by Gasteiger charge is 2.11. The number of anilines is 1. The Labute approximate surface area is 121 Å². The molecular formula is C15H16FN3S. The minimum absolute atomic E-state index is 0.204. The van der Waals surface area contributed by atoms with Gasteiger partial charge in [-0.15, -0.1) is 11.3 Å². The van der Waals surface area contributed by atoms with Crippen molar-refractivity contribution < 1.29 is 4.39 Å². The van der Waals surface area contributed by atoms with Crippen LogP contribution in [0.4, 0.5) is 10.1 Å². The van der Waals surface area contributed by atoms with Crippen LogP contribution in [-0.2, 0) is 6.54 Å². The van der Waals surface area contributed by atoms with Crippen LogP contribution in [0, 0.1) is 26.6 Å². The fraction of sp³-hybridized carbons (Fsp3) is 0.267. The van der Waals surface area contributed by atoms with Crippen molar-refractivity contribution in [3.63, 3.8) is 0 Å². The number of hydrogen-bond acceptors (Lipinski definition) is 3. The quantitative estimate of drug-likeness (QED) is 0.787. The molecule has 0 saturated carbocycles. The van der Waals surface area contributed by atoms with Crippen molar-refractivity contribution in [2.75, 3.05) is 5.32 Å². The highest BCUT2D eigenvalue weighted by molar-refractivity contribution is 7.17. The third-order valence-corrected chi connectivity index (χ3v) is 4.27. The minimum Gasteiger partial charge on any atom is -0.379 e. The second-order valence-electron chi connectivity index (χ2n) is 4.95. The van der Waals surface area contributed by atoms with E-state index in [0.717, 1.165) is 27.6 Å². The number of imidazole rings is 1. The second-order valence-corrected chi connectivity index (χ2v) is 6.16. The Hall–Kier alpha value is -1.88. The van der Waals surface area contributed by atoms with Crippen molar-refractivity contribution >= 4 is 22.0 Å². The molecule has 0 saturated heterocycles. The van der Waals surface area contributed by atoms with E-state index in [9.17, 15) is 4.39 Å². The number of aromatic nitrogens is 2. The fourth-order valence-electron chi connectivity index (χ4n) is 2.33. The molecule has 0 spiro atoms. The van der Waals surface area contributed by atoms with Crippen LogP contribution in [0.15, 0.2) is 24.4 Å². The average molecular weight is 289 g/mol. The van der Waals surface area contributed by atoms with Crippen LogP contribution >= 0.6 is 11.3 Å². The van der Waals surface area contributed by atoms with E-state index in [1.54, 1.807) is 17.4 Å². The van der Waals surface area contributed by atoms with Gasteiger partial charge in [0, 0.05) is 16.8 Å². The molecule has 0 aliphatic carbocycles. The van der Waals surface area contributed by atoms with Gasteiger partial charge in [-0.2, -0.15) is 0 Å². The molecule has 3 aromatic rings. The maximum Gasteiger partial charge on any atom is 0.194 e. The van der Waals surface area contributed by atoms with E-state index in [-0.39, 0.29) is 5.82 Å². The molecule has 0 atom stereocenters. The lowest BCUT2D eigenvalue weighted by Gasteiger charge is -2.09. The largest absolute Gasteiger partial charge is 0.379 e. The molecule has 20 heavy (non-hydrogen) atoms. The number of benzene rings is 1. The topological polar surface area (TPSA) is 29.3 Å². The van der Waals surface area contributed by atoms with Crippen molar-refractivity contribution in [3.8, 4) is 0 Å². The summed E-state index contributed by atoms with van der Waals surface area (Å²) >= 11 is 1.69. The molecule has 1 N–H and O–H groups in total. The number of nitrogens with zero attached hydrogens (tertiary/aromatic N) is 2. The fourth-order valence-corrected chi connectivity index (χ4v) is 3.22. The van der Waals surface area contributed by atoms with Crippen LogP contribution in [0.1, 0.15) is 21.8 Å². The summed E-state index contributed by atoms with van der Waals surface area (Å²) in [7, 11) is 0. The number of rotatable bonds is 3. The minimum atomic E-state index is -0.204. The Morgan fingerprint density at radius 3 is 2.85 bits per heavy atom. The van der Waals surface area contributed by atoms with Crippen LogP contribution in [0.2, 0.25) is 0 Å². The van der Waals surface area contributed by atoms with E-state index >= 15 is 0 Å². The van der Waals surface area contributed by atoms with Gasteiger partial charge in [-0.05, 0) is 44.5 Å². The first-order valence-corrected chi connectivity index (χ1v) is 7.30. The summed E-state index contributed by atoms with van der Waals surface area (Å²) in [5, 5.41) is 3.36. The predicted molar refractivity (Wildman–Crippen MR) is 81.0 cm³/mol. The van der Waals surface area contributed by atoms with E-state index in [1.807, 2.05) is 13.8 Å². The van der Waals surface area contributed by atoms with Gasteiger partial charge in [-0.3, -0.25) is 4.40 Å². The molecule has 1 aromatic carbocycles. The maximum atomic E-state index is 13.1. The molecule has 0 bridgehead atoms. The standard InChI is InChI=1S/C15H16FN3S/c1-9-6-12(16)4-5-13(9)17-7-14-11(3)18-15-19(14)8-10(2)20-15/h4-6,8,17H,7H2,1-3H3. The zero-order valence-corrected chi connectivity index (χ0v) is 12.5. The molecule has 5 heteroatoms. The van der Waals surface area contributed by atoms with E-state index in [0.29, 0.717) is 6.54 Å². The molecule has 104 valence electrons. The summed E-state index contributed by atoms with van der Waals surface area (Å²) < 4.78 is 15.2. The predicted octanol–water partition coefficient (Wildman–Crippen LogP) is 4.07. The highest BCUT2D eigenvalue weighted by Crippen LogP contribution is 2.22. The number of halogens is 1. The van der Waals surface area contributed by atoms with Crippen molar-refractivity contribution in [1.29, 1.82) is 0 Å². The lowest BCUT2D eigenvalue weighted by Crippen LogP contribution is -2.04. The Balaban J connectivity index is 1.87. The van der Waals surface area contributed by atoms with Gasteiger partial charge >= 0.3 is 0 Å². The van der Waals surface area contributed by atoms with Crippen LogP contribution in [0.3, 0.4) is 0 Å². The third kappa shape index (κ3) is 2.29. The van der Waals surface area contributed by atoms with Gasteiger partial charge in [-0.1, -0.05) is 0 Å². The summed E-state index contributed by atoms with van der Waals surface area (Å²) in [5.74, 6) is -0.204. The molecule has 3 rings (SSSR count). The van der Waals surface area contributed by atoms with Crippen molar-refractivity contribution in [1.82, 2.24) is 9.38 Å². The molecule has 3 nitrogen and oxygen atoms in total. The number of aryl methyl sites for hydroxylation is 3. The third-order valence-electron chi connectivity index (χ3n) is 3.38. The molecule has 0 fully saturated rings. The lowest BCUT2D eigenvalue weighted by molar-refractivity contribution is 0.627. The first kappa shape index (κ1) is 13.1. The SMILES string of the molecule is Cc1cn2c(CNc3ccc(F)cc3C)c(C)nc2s1. The van der Waals surface area contributed by atoms with Gasteiger partial charge in [0.2, 0.25) is 0 Å². The van der Waals surface area contributed by atoms with Crippen molar-refractivity contribution in [3.05, 3.63) is 52.0 Å². The zero-order valence-electron chi connectivity index (χ0n) is 11.7. The van der Waals surface area contributed by atoms with Crippen molar-refractivity contribution in [2.24, 2.45) is 0 Å². The Morgan fingerprint density at radius 2 is 2.10 bits per heavy atom. The Bertz CT molecular complexity index is 773. The van der Waals surface area contributed by atoms with E-state index < -0.39 is 0 Å². The van der Waals surface area contributed by atoms with Gasteiger partial charge in [0.15, 0.2) is 4.96 Å². The van der Waals surface area contributed by atoms with Crippen LogP contribution < -0.4 is 5.32 Å². The van der Waals surface area contributed by atoms with Gasteiger partial charge < -0.3 is 5.32 Å². The first-order valence-electron chi connectivity index (χ1n) is 6.48. The van der Waals surface area contributed by atoms with E-state index in [1.165, 1.54) is 17.0 Å². The summed E-state index contributed by atoms with van der Waals surface area (Å²) in [6, 6.07) is 4.79. The molecule has 0 aliphatic rings. The molecular weight excluding hydrogens is 273 g/mol. The highest BCUT2D eigenvalue weighted by atomic mass is 32.1. The summed E-state index contributed by atoms with van der Waals surface area (Å²) in [4.78, 5) is 6.83. The number of thiazole rings is 1. The lowest BCUT2D eigenvalue weighted by atomic mass is 10.2. The number of nitrogens with one attached hydrogen (secondary N) is 1. The second kappa shape index (κ2) is 4.90. The number of hydrogen-bond donors (Lipinski definition) is 1. The molecule has 0 amide bonds. The van der Waals surface area contributed by atoms with Gasteiger partial charge in [0.25, 0.3) is 0 Å². The van der Waals surface area contributed by atoms with Gasteiger partial charge in [-0.25, -0.2) is 9.37 Å². The van der Waals surface area contributed by atoms with E-state index in [2.05, 4.69) is 27.8 Å². The molecule has 0 radical (unpaired) electrons. The molecule has 2 heterocycles. The van der Waals surface area contributed by atoms with Crippen LogP contribution in [0.25, 0.3) is 4.96 Å². The first-order chi connectivity index (χ1) is 9.54. The monoisotopic (exact) mass is 289 g/mol. The zero-order chi connectivity index (χ0) is 14.3. The Kier molecular flexibility index (Phi) is 3.22. The molecule has 0 unspecified atom stereocenters. The normalized spacial score (nSPS) is 11.2. The summed E-state index contributed by atoms with van der Waals surface area (Å²) in [6.07, 6.45) is 2.11. The maximum absolute atomic E-state index is 13.1. The van der Waals surface area contributed by atoms with Crippen LogP contribution in [0.5, 0.6) is 0 Å². The number of fused-ring (bicyclic) bond motifs is 1. The smallest absolute Gasteiger partial charge is 0.194 e. The Morgan fingerprint density at radius 1 is 1.30 bits per heavy atom. The van der Waals surface area contributed by atoms with Crippen LogP contribution in [-0.4, -0.2) is 9.38 Å². The average Bonchev–Trinajstić information content (AvgIpc) is 2.84. The summed E-state index contributed by atoms with van der Waals surface area (Å²) in [6.45, 7) is 6.67. The van der Waals surface area contributed by atoms with Crippen molar-refractivity contribution in [2.45, 2.75) is 27.3 Å². The molecule has 0 aliphatic heterocycles. The van der Waals surface area contributed by atoms with E-state index in [4.69, 9.17) is 0 Å². The van der Waals surface area contributed by atoms with Gasteiger partial charge in [0.1, 0.15) is 5.82 Å².